The van der Waals surface area contributed by atoms with Gasteiger partial charge < -0.3 is 0 Å². The van der Waals surface area contributed by atoms with Crippen LogP contribution in [0.25, 0.3) is 0 Å². The van der Waals surface area contributed by atoms with E-state index in [1.165, 1.54) is 22.9 Å². The first-order chi connectivity index (χ1) is 12.9. The second-order valence-corrected chi connectivity index (χ2v) is 9.51. The number of benzene rings is 1. The molecule has 0 spiro atoms. The SMILES string of the molecule is Cc1ccc(S(=O)(=O)N2CCCC(CC(=O)NN3CCCCC3)C2)cc1F. The van der Waals surface area contributed by atoms with E-state index in [0.29, 0.717) is 31.5 Å². The van der Waals surface area contributed by atoms with Crippen molar-refractivity contribution in [2.45, 2.75) is 50.3 Å². The third kappa shape index (κ3) is 5.06. The number of hydrogen-bond acceptors (Lipinski definition) is 4. The zero-order valence-corrected chi connectivity index (χ0v) is 16.6. The standard InChI is InChI=1S/C19H28FN3O3S/c1-15-7-8-17(13-18(15)20)27(25,26)23-11-5-6-16(14-23)12-19(24)21-22-9-3-2-4-10-22/h7-8,13,16H,2-6,9-12,14H2,1H3,(H,21,24). The maximum Gasteiger partial charge on any atom is 0.243 e. The predicted molar refractivity (Wildman–Crippen MR) is 101 cm³/mol. The number of carbonyl (C=O) groups excluding carboxylic acids is 1. The minimum atomic E-state index is -3.75. The van der Waals surface area contributed by atoms with E-state index in [4.69, 9.17) is 0 Å². The van der Waals surface area contributed by atoms with E-state index in [1.54, 1.807) is 6.92 Å². The lowest BCUT2D eigenvalue weighted by Crippen LogP contribution is -2.47. The van der Waals surface area contributed by atoms with E-state index in [0.717, 1.165) is 38.4 Å². The Balaban J connectivity index is 1.61. The topological polar surface area (TPSA) is 69.7 Å². The average Bonchev–Trinajstić information content (AvgIpc) is 2.65. The van der Waals surface area contributed by atoms with Gasteiger partial charge in [-0.1, -0.05) is 12.5 Å². The number of carbonyl (C=O) groups is 1. The normalized spacial score (nSPS) is 22.5. The van der Waals surface area contributed by atoms with Gasteiger partial charge in [0, 0.05) is 32.6 Å². The maximum atomic E-state index is 13.8. The Labute approximate surface area is 160 Å². The van der Waals surface area contributed by atoms with Gasteiger partial charge in [-0.25, -0.2) is 17.8 Å². The molecule has 2 aliphatic rings. The van der Waals surface area contributed by atoms with Crippen LogP contribution < -0.4 is 5.43 Å². The second kappa shape index (κ2) is 8.67. The Morgan fingerprint density at radius 1 is 1.19 bits per heavy atom. The van der Waals surface area contributed by atoms with Gasteiger partial charge in [-0.3, -0.25) is 10.2 Å². The zero-order valence-electron chi connectivity index (χ0n) is 15.8. The number of halogens is 1. The van der Waals surface area contributed by atoms with E-state index < -0.39 is 15.8 Å². The first-order valence-corrected chi connectivity index (χ1v) is 11.1. The molecule has 0 bridgehead atoms. The van der Waals surface area contributed by atoms with Crippen LogP contribution in [0.15, 0.2) is 23.1 Å². The molecule has 3 rings (SSSR count). The van der Waals surface area contributed by atoms with Gasteiger partial charge in [0.15, 0.2) is 0 Å². The summed E-state index contributed by atoms with van der Waals surface area (Å²) in [4.78, 5) is 12.3. The highest BCUT2D eigenvalue weighted by molar-refractivity contribution is 7.89. The molecule has 1 unspecified atom stereocenters. The molecule has 2 fully saturated rings. The molecule has 2 heterocycles. The van der Waals surface area contributed by atoms with Crippen molar-refractivity contribution in [3.63, 3.8) is 0 Å². The molecule has 0 aliphatic carbocycles. The van der Waals surface area contributed by atoms with Crippen molar-refractivity contribution in [2.24, 2.45) is 5.92 Å². The third-order valence-corrected chi connectivity index (χ3v) is 7.24. The van der Waals surface area contributed by atoms with E-state index >= 15 is 0 Å². The highest BCUT2D eigenvalue weighted by Gasteiger charge is 2.31. The Morgan fingerprint density at radius 3 is 2.63 bits per heavy atom. The molecule has 0 saturated carbocycles. The number of piperidine rings is 2. The lowest BCUT2D eigenvalue weighted by molar-refractivity contribution is -0.127. The number of hydrogen-bond donors (Lipinski definition) is 1. The summed E-state index contributed by atoms with van der Waals surface area (Å²) in [5.74, 6) is -0.596. The molecule has 0 aromatic heterocycles. The van der Waals surface area contributed by atoms with Crippen LogP contribution in [0, 0.1) is 18.7 Å². The molecule has 1 amide bonds. The summed E-state index contributed by atoms with van der Waals surface area (Å²) in [5, 5.41) is 1.96. The molecule has 8 heteroatoms. The molecule has 1 aromatic carbocycles. The summed E-state index contributed by atoms with van der Waals surface area (Å²) in [5.41, 5.74) is 3.36. The minimum absolute atomic E-state index is 0.0198. The number of sulfonamides is 1. The van der Waals surface area contributed by atoms with Gasteiger partial charge in [-0.2, -0.15) is 4.31 Å². The fourth-order valence-corrected chi connectivity index (χ4v) is 5.35. The second-order valence-electron chi connectivity index (χ2n) is 7.57. The Bertz CT molecular complexity index is 778. The molecule has 6 nitrogen and oxygen atoms in total. The molecule has 1 atom stereocenters. The van der Waals surface area contributed by atoms with Crippen LogP contribution in [0.5, 0.6) is 0 Å². The molecule has 2 aliphatic heterocycles. The van der Waals surface area contributed by atoms with Crippen LogP contribution in [0.4, 0.5) is 4.39 Å². The lowest BCUT2D eigenvalue weighted by Gasteiger charge is -2.32. The summed E-state index contributed by atoms with van der Waals surface area (Å²) in [7, 11) is -3.75. The van der Waals surface area contributed by atoms with Gasteiger partial charge in [-0.15, -0.1) is 0 Å². The number of hydrazine groups is 1. The lowest BCUT2D eigenvalue weighted by atomic mass is 9.96. The number of nitrogens with zero attached hydrogens (tertiary/aromatic N) is 2. The molecular formula is C19H28FN3O3S. The van der Waals surface area contributed by atoms with Crippen LogP contribution in [-0.2, 0) is 14.8 Å². The van der Waals surface area contributed by atoms with Crippen LogP contribution >= 0.6 is 0 Å². The fourth-order valence-electron chi connectivity index (χ4n) is 3.78. The summed E-state index contributed by atoms with van der Waals surface area (Å²) < 4.78 is 40.9. The largest absolute Gasteiger partial charge is 0.289 e. The quantitative estimate of drug-likeness (QED) is 0.829. The molecule has 1 N–H and O–H groups in total. The smallest absolute Gasteiger partial charge is 0.243 e. The number of rotatable bonds is 5. The van der Waals surface area contributed by atoms with Gasteiger partial charge in [0.2, 0.25) is 15.9 Å². The summed E-state index contributed by atoms with van der Waals surface area (Å²) in [6.07, 6.45) is 5.20. The summed E-state index contributed by atoms with van der Waals surface area (Å²) >= 11 is 0. The highest BCUT2D eigenvalue weighted by atomic mass is 32.2. The molecule has 0 radical (unpaired) electrons. The van der Waals surface area contributed by atoms with Crippen molar-refractivity contribution in [1.29, 1.82) is 0 Å². The van der Waals surface area contributed by atoms with Crippen molar-refractivity contribution in [3.8, 4) is 0 Å². The van der Waals surface area contributed by atoms with E-state index in [1.807, 2.05) is 5.01 Å². The van der Waals surface area contributed by atoms with Gasteiger partial charge in [-0.05, 0) is 56.2 Å². The Morgan fingerprint density at radius 2 is 1.93 bits per heavy atom. The first kappa shape index (κ1) is 20.2. The van der Waals surface area contributed by atoms with Gasteiger partial charge >= 0.3 is 0 Å². The van der Waals surface area contributed by atoms with Crippen LogP contribution in [0.1, 0.15) is 44.1 Å². The minimum Gasteiger partial charge on any atom is -0.289 e. The van der Waals surface area contributed by atoms with Crippen molar-refractivity contribution < 1.29 is 17.6 Å². The van der Waals surface area contributed by atoms with E-state index in [2.05, 4.69) is 5.43 Å². The monoisotopic (exact) mass is 397 g/mol. The molecule has 27 heavy (non-hydrogen) atoms. The Hall–Kier alpha value is -1.51. The summed E-state index contributed by atoms with van der Waals surface area (Å²) in [6, 6.07) is 4.01. The number of aryl methyl sites for hydroxylation is 1. The predicted octanol–water partition coefficient (Wildman–Crippen LogP) is 2.44. The van der Waals surface area contributed by atoms with Crippen molar-refractivity contribution >= 4 is 15.9 Å². The van der Waals surface area contributed by atoms with Crippen molar-refractivity contribution in [1.82, 2.24) is 14.7 Å². The van der Waals surface area contributed by atoms with Crippen LogP contribution in [-0.4, -0.2) is 49.8 Å². The molecule has 1 aromatic rings. The average molecular weight is 398 g/mol. The van der Waals surface area contributed by atoms with Gasteiger partial charge in [0.1, 0.15) is 5.82 Å². The van der Waals surface area contributed by atoms with Gasteiger partial charge in [0.05, 0.1) is 4.90 Å². The van der Waals surface area contributed by atoms with Crippen molar-refractivity contribution in [2.75, 3.05) is 26.2 Å². The highest BCUT2D eigenvalue weighted by Crippen LogP contribution is 2.26. The Kier molecular flexibility index (Phi) is 6.49. The molecule has 150 valence electrons. The van der Waals surface area contributed by atoms with E-state index in [9.17, 15) is 17.6 Å². The zero-order chi connectivity index (χ0) is 19.4. The molecular weight excluding hydrogens is 369 g/mol. The number of nitrogens with one attached hydrogen (secondary N) is 1. The van der Waals surface area contributed by atoms with Crippen molar-refractivity contribution in [3.05, 3.63) is 29.6 Å². The number of amides is 1. The third-order valence-electron chi connectivity index (χ3n) is 5.38. The van der Waals surface area contributed by atoms with Crippen LogP contribution in [0.2, 0.25) is 0 Å². The first-order valence-electron chi connectivity index (χ1n) is 9.67. The maximum absolute atomic E-state index is 13.8. The summed E-state index contributed by atoms with van der Waals surface area (Å²) in [6.45, 7) is 4.04. The van der Waals surface area contributed by atoms with E-state index in [-0.39, 0.29) is 16.7 Å². The molecule has 2 saturated heterocycles. The fraction of sp³-hybridized carbons (Fsp3) is 0.632. The van der Waals surface area contributed by atoms with Crippen LogP contribution in [0.3, 0.4) is 0 Å². The van der Waals surface area contributed by atoms with Gasteiger partial charge in [0.25, 0.3) is 0 Å².